The van der Waals surface area contributed by atoms with E-state index in [1.807, 2.05) is 0 Å². The lowest BCUT2D eigenvalue weighted by Crippen LogP contribution is -2.36. The lowest BCUT2D eigenvalue weighted by Gasteiger charge is -2.11. The number of hydrogen-bond donors (Lipinski definition) is 1. The van der Waals surface area contributed by atoms with E-state index >= 15 is 0 Å². The minimum absolute atomic E-state index is 0.279. The van der Waals surface area contributed by atoms with Crippen molar-refractivity contribution in [2.24, 2.45) is 0 Å². The molecule has 0 fully saturated rings. The zero-order chi connectivity index (χ0) is 29.4. The maximum Gasteiger partial charge on any atom is 0.390 e. The van der Waals surface area contributed by atoms with E-state index in [0.717, 1.165) is 0 Å². The molecule has 0 spiro atoms. The van der Waals surface area contributed by atoms with E-state index in [4.69, 9.17) is 5.73 Å². The van der Waals surface area contributed by atoms with Crippen LogP contribution in [0.15, 0.2) is 12.1 Å². The summed E-state index contributed by atoms with van der Waals surface area (Å²) in [5.41, 5.74) is -14.8. The van der Waals surface area contributed by atoms with Crippen LogP contribution in [-0.2, 0) is 0 Å². The summed E-state index contributed by atoms with van der Waals surface area (Å²) in [5.74, 6) is 0. The summed E-state index contributed by atoms with van der Waals surface area (Å²) in [6.45, 7) is 0. The highest BCUT2D eigenvalue weighted by Crippen LogP contribution is 2.58. The summed E-state index contributed by atoms with van der Waals surface area (Å²) in [6, 6.07) is 0.710. The van der Waals surface area contributed by atoms with E-state index in [9.17, 15) is 80.9 Å². The molecule has 2 N–H and O–H groups in total. The zero-order valence-corrected chi connectivity index (χ0v) is 17.3. The van der Waals surface area contributed by atoms with E-state index in [1.54, 1.807) is 0 Å². The number of hydrogen-bond acceptors (Lipinski definition) is 17. The summed E-state index contributed by atoms with van der Waals surface area (Å²) in [5, 5.41) is 86.9. The first-order valence-corrected chi connectivity index (χ1v) is 8.59. The fraction of sp³-hybridized carbons (Fsp3) is 0. The highest BCUT2D eigenvalue weighted by Gasteiger charge is 2.58. The molecular weight excluding hydrogens is 540 g/mol. The number of rotatable bonds is 10. The largest absolute Gasteiger partial charge is 0.393 e. The van der Waals surface area contributed by atoms with Gasteiger partial charge in [0.15, 0.2) is 5.56 Å². The molecule has 0 saturated carbocycles. The smallest absolute Gasteiger partial charge is 0.390 e. The molecule has 2 rings (SSSR count). The Hall–Kier alpha value is -6.76. The number of anilines is 2. The Balaban J connectivity index is 3.59. The molecule has 198 valence electrons. The molecule has 0 aliphatic carbocycles. The summed E-state index contributed by atoms with van der Waals surface area (Å²) >= 11 is 0. The fourth-order valence-electron chi connectivity index (χ4n) is 3.23. The minimum atomic E-state index is -2.48. The van der Waals surface area contributed by atoms with Crippen LogP contribution in [0, 0.1) is 80.9 Å². The summed E-state index contributed by atoms with van der Waals surface area (Å²) in [4.78, 5) is 81.8. The molecule has 0 bridgehead atoms. The molecule has 0 aliphatic heterocycles. The number of nitrogen functional groups attached to an aromatic ring is 1. The van der Waals surface area contributed by atoms with Crippen molar-refractivity contribution >= 4 is 45.5 Å². The van der Waals surface area contributed by atoms with Crippen molar-refractivity contribution in [3.63, 3.8) is 0 Å². The Kier molecular flexibility index (Phi) is 6.85. The Labute approximate surface area is 201 Å². The second-order valence-electron chi connectivity index (χ2n) is 6.33. The van der Waals surface area contributed by atoms with Crippen LogP contribution >= 0.6 is 0 Å². The van der Waals surface area contributed by atoms with Gasteiger partial charge in [0, 0.05) is 0 Å². The van der Waals surface area contributed by atoms with Crippen LogP contribution in [0.3, 0.4) is 0 Å². The van der Waals surface area contributed by atoms with Gasteiger partial charge < -0.3 is 5.73 Å². The lowest BCUT2D eigenvalue weighted by atomic mass is 9.95. The maximum absolute atomic E-state index is 11.9. The van der Waals surface area contributed by atoms with Gasteiger partial charge in [0.25, 0.3) is 0 Å². The van der Waals surface area contributed by atoms with Crippen LogP contribution in [0.25, 0.3) is 11.1 Å². The van der Waals surface area contributed by atoms with Gasteiger partial charge in [-0.15, -0.1) is 0 Å². The molecule has 2 aromatic carbocycles. The molecule has 0 atom stereocenters. The lowest BCUT2D eigenvalue weighted by molar-refractivity contribution is -0.712. The third-order valence-corrected chi connectivity index (χ3v) is 4.43. The Morgan fingerprint density at radius 3 is 1.13 bits per heavy atom. The SMILES string of the molecule is Nc1ccc(-c2c([N+](=O)[O-])c([N+](=O)[O-])c(N([N+](=O)[O-])[N+](=O)[O-])c([N+](=O)[O-])c2[N+](=O)[O-])c([N+](=O)[O-])c1[N+](=O)[O-]. The van der Waals surface area contributed by atoms with E-state index in [1.165, 1.54) is 0 Å². The molecule has 38 heavy (non-hydrogen) atoms. The van der Waals surface area contributed by atoms with Crippen molar-refractivity contribution in [3.8, 4) is 11.1 Å². The van der Waals surface area contributed by atoms with Gasteiger partial charge in [0.1, 0.15) is 5.69 Å². The van der Waals surface area contributed by atoms with Gasteiger partial charge in [-0.25, -0.2) is 20.2 Å². The van der Waals surface area contributed by atoms with Gasteiger partial charge in [0.05, 0.1) is 35.1 Å². The summed E-state index contributed by atoms with van der Waals surface area (Å²) in [6.07, 6.45) is 0. The predicted molar refractivity (Wildman–Crippen MR) is 113 cm³/mol. The first kappa shape index (κ1) is 27.5. The van der Waals surface area contributed by atoms with E-state index in [-0.39, 0.29) is 6.07 Å². The van der Waals surface area contributed by atoms with Gasteiger partial charge in [-0.05, 0) is 12.1 Å². The molecule has 2 aromatic rings. The molecule has 0 radical (unpaired) electrons. The van der Waals surface area contributed by atoms with Crippen LogP contribution in [0.4, 0.5) is 45.5 Å². The number of nitro groups is 8. The van der Waals surface area contributed by atoms with Crippen molar-refractivity contribution in [3.05, 3.63) is 93.0 Å². The third-order valence-electron chi connectivity index (χ3n) is 4.43. The predicted octanol–water partition coefficient (Wildman–Crippen LogP) is 1.57. The number of nitrogens with two attached hydrogens (primary N) is 1. The highest BCUT2D eigenvalue weighted by molar-refractivity contribution is 6.03. The average molecular weight is 544 g/mol. The Morgan fingerprint density at radius 2 is 0.842 bits per heavy atom. The van der Waals surface area contributed by atoms with Crippen LogP contribution in [-0.4, -0.2) is 39.6 Å². The van der Waals surface area contributed by atoms with Crippen LogP contribution in [0.2, 0.25) is 0 Å². The third kappa shape index (κ3) is 4.23. The summed E-state index contributed by atoms with van der Waals surface area (Å²) in [7, 11) is 0. The fourth-order valence-corrected chi connectivity index (χ4v) is 3.23. The summed E-state index contributed by atoms with van der Waals surface area (Å²) < 4.78 is 0. The average Bonchev–Trinajstić information content (AvgIpc) is 2.76. The van der Waals surface area contributed by atoms with Gasteiger partial charge in [0.2, 0.25) is 15.2 Å². The quantitative estimate of drug-likeness (QED) is 0.252. The Bertz CT molecular complexity index is 1450. The van der Waals surface area contributed by atoms with Gasteiger partial charge in [-0.2, -0.15) is 0 Å². The molecular formula is C12H4N10O16. The second-order valence-corrected chi connectivity index (χ2v) is 6.33. The van der Waals surface area contributed by atoms with Crippen molar-refractivity contribution in [2.45, 2.75) is 0 Å². The first-order valence-electron chi connectivity index (χ1n) is 8.59. The van der Waals surface area contributed by atoms with E-state index < -0.39 is 101 Å². The molecule has 0 aliphatic rings. The normalized spacial score (nSPS) is 10.3. The van der Waals surface area contributed by atoms with Gasteiger partial charge in [-0.1, -0.05) is 0 Å². The monoisotopic (exact) mass is 544 g/mol. The molecule has 0 heterocycles. The van der Waals surface area contributed by atoms with Gasteiger partial charge >= 0.3 is 39.8 Å². The molecule has 26 heteroatoms. The molecule has 0 amide bonds. The highest BCUT2D eigenvalue weighted by atomic mass is 16.8. The van der Waals surface area contributed by atoms with Crippen molar-refractivity contribution < 1.29 is 39.6 Å². The zero-order valence-electron chi connectivity index (χ0n) is 17.3. The number of nitrogens with zero attached hydrogens (tertiary/aromatic N) is 9. The topological polar surface area (TPSA) is 374 Å². The maximum atomic E-state index is 11.9. The standard InChI is InChI=1S/C12H4N10O16/c13-4-2-1-3(6(15(23)24)7(4)16(25)26)5-8(17(27)28)11(19(31)32)10(14(21(35)36)22(37)38)12(20(33)34)9(5)18(29)30/h1-2H,13H2. The van der Waals surface area contributed by atoms with Crippen LogP contribution in [0.5, 0.6) is 0 Å². The molecule has 0 aromatic heterocycles. The second kappa shape index (κ2) is 9.47. The van der Waals surface area contributed by atoms with E-state index in [2.05, 4.69) is 0 Å². The first-order chi connectivity index (χ1) is 17.5. The van der Waals surface area contributed by atoms with Crippen molar-refractivity contribution in [1.29, 1.82) is 0 Å². The molecule has 0 saturated heterocycles. The minimum Gasteiger partial charge on any atom is -0.393 e. The van der Waals surface area contributed by atoms with Crippen LogP contribution in [0.1, 0.15) is 0 Å². The van der Waals surface area contributed by atoms with Crippen molar-refractivity contribution in [2.75, 3.05) is 10.9 Å². The van der Waals surface area contributed by atoms with E-state index in [0.29, 0.717) is 6.07 Å². The van der Waals surface area contributed by atoms with Crippen LogP contribution < -0.4 is 10.9 Å². The number of benzene rings is 2. The van der Waals surface area contributed by atoms with Gasteiger partial charge in [-0.3, -0.25) is 60.7 Å². The number of hydrazine groups is 2. The molecule has 26 nitrogen and oxygen atoms in total. The molecule has 0 unspecified atom stereocenters. The Morgan fingerprint density at radius 1 is 0.500 bits per heavy atom. The van der Waals surface area contributed by atoms with Crippen molar-refractivity contribution in [1.82, 2.24) is 0 Å². The number of nitro benzene ring substituents is 6.